The molecule has 0 unspecified atom stereocenters. The molecule has 0 spiro atoms. The lowest BCUT2D eigenvalue weighted by molar-refractivity contribution is 0.147. The first kappa shape index (κ1) is 15.6. The highest BCUT2D eigenvalue weighted by atomic mass is 35.5. The number of pyridine rings is 1. The molecule has 120 valence electrons. The molecule has 1 saturated carbocycles. The van der Waals surface area contributed by atoms with Gasteiger partial charge in [-0.1, -0.05) is 24.4 Å². The largest absolute Gasteiger partial charge is 0.335 e. The van der Waals surface area contributed by atoms with E-state index in [1.54, 1.807) is 18.3 Å². The first-order valence-electron chi connectivity index (χ1n) is 8.14. The van der Waals surface area contributed by atoms with Crippen LogP contribution in [0, 0.1) is 0 Å². The molecule has 5 nitrogen and oxygen atoms in total. The van der Waals surface area contributed by atoms with Crippen molar-refractivity contribution in [3.8, 4) is 0 Å². The molecule has 6 heteroatoms. The third-order valence-electron chi connectivity index (χ3n) is 4.69. The average Bonchev–Trinajstić information content (AvgIpc) is 3.05. The van der Waals surface area contributed by atoms with Crippen LogP contribution >= 0.6 is 11.6 Å². The van der Waals surface area contributed by atoms with Gasteiger partial charge in [-0.25, -0.2) is 9.78 Å². The molecule has 2 heterocycles. The van der Waals surface area contributed by atoms with E-state index in [4.69, 9.17) is 11.6 Å². The second kappa shape index (κ2) is 7.29. The van der Waals surface area contributed by atoms with Gasteiger partial charge >= 0.3 is 6.03 Å². The number of nitrogens with zero attached hydrogens (tertiary/aromatic N) is 2. The molecule has 3 rings (SSSR count). The zero-order chi connectivity index (χ0) is 15.4. The number of hydrogen-bond acceptors (Lipinski definition) is 3. The standard InChI is InChI=1S/C16H23ClN4O/c17-15-6-5-13(11-18-15)20-16(22)19-12-7-9-21(10-8-12)14-3-1-2-4-14/h5-6,11-12,14H,1-4,7-10H2,(H2,19,20,22). The average molecular weight is 323 g/mol. The fourth-order valence-corrected chi connectivity index (χ4v) is 3.59. The van der Waals surface area contributed by atoms with Gasteiger partial charge in [0, 0.05) is 25.2 Å². The summed E-state index contributed by atoms with van der Waals surface area (Å²) >= 11 is 5.73. The van der Waals surface area contributed by atoms with Crippen LogP contribution in [0.3, 0.4) is 0 Å². The number of rotatable bonds is 3. The quantitative estimate of drug-likeness (QED) is 0.840. The number of piperidine rings is 1. The minimum Gasteiger partial charge on any atom is -0.335 e. The van der Waals surface area contributed by atoms with Crippen molar-refractivity contribution in [2.75, 3.05) is 18.4 Å². The zero-order valence-corrected chi connectivity index (χ0v) is 13.5. The number of carbonyl (C=O) groups excluding carboxylic acids is 1. The van der Waals surface area contributed by atoms with Crippen LogP contribution in [0.25, 0.3) is 0 Å². The van der Waals surface area contributed by atoms with Gasteiger partial charge in [-0.05, 0) is 37.8 Å². The van der Waals surface area contributed by atoms with Crippen LogP contribution in [0.15, 0.2) is 18.3 Å². The third kappa shape index (κ3) is 4.11. The lowest BCUT2D eigenvalue weighted by Gasteiger charge is -2.36. The van der Waals surface area contributed by atoms with Gasteiger partial charge in [-0.3, -0.25) is 0 Å². The molecule has 1 aliphatic carbocycles. The maximum Gasteiger partial charge on any atom is 0.319 e. The number of urea groups is 1. The summed E-state index contributed by atoms with van der Waals surface area (Å²) in [6, 6.07) is 4.30. The van der Waals surface area contributed by atoms with E-state index in [0.717, 1.165) is 32.0 Å². The predicted molar refractivity (Wildman–Crippen MR) is 88.3 cm³/mol. The van der Waals surface area contributed by atoms with Crippen molar-refractivity contribution in [3.63, 3.8) is 0 Å². The summed E-state index contributed by atoms with van der Waals surface area (Å²) < 4.78 is 0. The maximum atomic E-state index is 12.0. The fourth-order valence-electron chi connectivity index (χ4n) is 3.48. The van der Waals surface area contributed by atoms with Crippen molar-refractivity contribution in [2.45, 2.75) is 50.6 Å². The Morgan fingerprint density at radius 2 is 1.91 bits per heavy atom. The Balaban J connectivity index is 1.42. The highest BCUT2D eigenvalue weighted by Crippen LogP contribution is 2.26. The smallest absolute Gasteiger partial charge is 0.319 e. The van der Waals surface area contributed by atoms with E-state index < -0.39 is 0 Å². The minimum absolute atomic E-state index is 0.163. The number of carbonyl (C=O) groups is 1. The predicted octanol–water partition coefficient (Wildman–Crippen LogP) is 3.26. The summed E-state index contributed by atoms with van der Waals surface area (Å²) in [6.07, 6.45) is 9.07. The summed E-state index contributed by atoms with van der Waals surface area (Å²) in [7, 11) is 0. The topological polar surface area (TPSA) is 57.3 Å². The van der Waals surface area contributed by atoms with E-state index in [1.165, 1.54) is 25.7 Å². The minimum atomic E-state index is -0.163. The summed E-state index contributed by atoms with van der Waals surface area (Å²) in [6.45, 7) is 2.19. The molecule has 0 aromatic carbocycles. The zero-order valence-electron chi connectivity index (χ0n) is 12.7. The number of nitrogens with one attached hydrogen (secondary N) is 2. The van der Waals surface area contributed by atoms with Crippen LogP contribution in [0.5, 0.6) is 0 Å². The van der Waals surface area contributed by atoms with Crippen molar-refractivity contribution in [1.29, 1.82) is 0 Å². The molecule has 1 aromatic heterocycles. The molecular formula is C16H23ClN4O. The van der Waals surface area contributed by atoms with E-state index in [-0.39, 0.29) is 12.1 Å². The number of anilines is 1. The molecule has 2 amide bonds. The molecule has 0 bridgehead atoms. The van der Waals surface area contributed by atoms with Gasteiger partial charge in [0.1, 0.15) is 5.15 Å². The second-order valence-corrected chi connectivity index (χ2v) is 6.60. The number of halogens is 1. The molecule has 22 heavy (non-hydrogen) atoms. The van der Waals surface area contributed by atoms with Gasteiger partial charge in [0.05, 0.1) is 11.9 Å². The first-order valence-corrected chi connectivity index (χ1v) is 8.51. The van der Waals surface area contributed by atoms with E-state index >= 15 is 0 Å². The van der Waals surface area contributed by atoms with Gasteiger partial charge in [-0.15, -0.1) is 0 Å². The molecule has 1 saturated heterocycles. The number of likely N-dealkylation sites (tertiary alicyclic amines) is 1. The van der Waals surface area contributed by atoms with Crippen LogP contribution < -0.4 is 10.6 Å². The van der Waals surface area contributed by atoms with Crippen LogP contribution in [0.4, 0.5) is 10.5 Å². The molecule has 1 aromatic rings. The Bertz CT molecular complexity index is 493. The molecule has 2 aliphatic rings. The van der Waals surface area contributed by atoms with Crippen LogP contribution in [-0.4, -0.2) is 41.1 Å². The fraction of sp³-hybridized carbons (Fsp3) is 0.625. The Hall–Kier alpha value is -1.33. The number of amides is 2. The Labute approximate surface area is 136 Å². The summed E-state index contributed by atoms with van der Waals surface area (Å²) in [5.41, 5.74) is 0.658. The molecule has 0 radical (unpaired) electrons. The molecule has 0 atom stereocenters. The van der Waals surface area contributed by atoms with E-state index in [9.17, 15) is 4.79 Å². The van der Waals surface area contributed by atoms with E-state index in [0.29, 0.717) is 10.8 Å². The third-order valence-corrected chi connectivity index (χ3v) is 4.91. The lowest BCUT2D eigenvalue weighted by atomic mass is 10.0. The highest BCUT2D eigenvalue weighted by molar-refractivity contribution is 6.29. The lowest BCUT2D eigenvalue weighted by Crippen LogP contribution is -2.48. The maximum absolute atomic E-state index is 12.0. The van der Waals surface area contributed by atoms with Gasteiger partial charge in [-0.2, -0.15) is 0 Å². The Kier molecular flexibility index (Phi) is 5.16. The van der Waals surface area contributed by atoms with Crippen LogP contribution in [0.1, 0.15) is 38.5 Å². The highest BCUT2D eigenvalue weighted by Gasteiger charge is 2.27. The van der Waals surface area contributed by atoms with Gasteiger partial charge in [0.2, 0.25) is 0 Å². The Morgan fingerprint density at radius 3 is 2.55 bits per heavy atom. The molecule has 2 N–H and O–H groups in total. The summed E-state index contributed by atoms with van der Waals surface area (Å²) in [5.74, 6) is 0. The van der Waals surface area contributed by atoms with E-state index in [1.807, 2.05) is 0 Å². The van der Waals surface area contributed by atoms with E-state index in [2.05, 4.69) is 20.5 Å². The molecule has 2 fully saturated rings. The van der Waals surface area contributed by atoms with Gasteiger partial charge in [0.25, 0.3) is 0 Å². The van der Waals surface area contributed by atoms with Crippen molar-refractivity contribution in [3.05, 3.63) is 23.5 Å². The first-order chi connectivity index (χ1) is 10.7. The summed E-state index contributed by atoms with van der Waals surface area (Å²) in [4.78, 5) is 18.6. The Morgan fingerprint density at radius 1 is 1.18 bits per heavy atom. The normalized spacial score (nSPS) is 21.0. The van der Waals surface area contributed by atoms with Gasteiger partial charge < -0.3 is 15.5 Å². The van der Waals surface area contributed by atoms with Gasteiger partial charge in [0.15, 0.2) is 0 Å². The molecular weight excluding hydrogens is 300 g/mol. The SMILES string of the molecule is O=C(Nc1ccc(Cl)nc1)NC1CCN(C2CCCC2)CC1. The molecule has 1 aliphatic heterocycles. The second-order valence-electron chi connectivity index (χ2n) is 6.22. The summed E-state index contributed by atoms with van der Waals surface area (Å²) in [5, 5.41) is 6.28. The monoisotopic (exact) mass is 322 g/mol. The van der Waals surface area contributed by atoms with Crippen molar-refractivity contribution in [1.82, 2.24) is 15.2 Å². The van der Waals surface area contributed by atoms with Crippen molar-refractivity contribution >= 4 is 23.3 Å². The van der Waals surface area contributed by atoms with Crippen LogP contribution in [0.2, 0.25) is 5.15 Å². The van der Waals surface area contributed by atoms with Crippen LogP contribution in [-0.2, 0) is 0 Å². The van der Waals surface area contributed by atoms with Crippen molar-refractivity contribution < 1.29 is 4.79 Å². The number of aromatic nitrogens is 1. The van der Waals surface area contributed by atoms with Crippen molar-refractivity contribution in [2.24, 2.45) is 0 Å². The number of hydrogen-bond donors (Lipinski definition) is 2.